The summed E-state index contributed by atoms with van der Waals surface area (Å²) < 4.78 is 7.82. The average Bonchev–Trinajstić information content (AvgIpc) is 2.89. The fourth-order valence-electron chi connectivity index (χ4n) is 3.53. The van der Waals surface area contributed by atoms with Crippen LogP contribution >= 0.6 is 27.3 Å². The first-order valence-corrected chi connectivity index (χ1v) is 11.3. The lowest BCUT2D eigenvalue weighted by atomic mass is 10.2. The zero-order valence-corrected chi connectivity index (χ0v) is 18.8. The molecule has 7 nitrogen and oxygen atoms in total. The molecule has 3 aromatic rings. The molecule has 0 unspecified atom stereocenters. The molecule has 0 saturated heterocycles. The highest BCUT2D eigenvalue weighted by atomic mass is 79.9. The number of carbonyl (C=O) groups excluding carboxylic acids is 2. The molecule has 1 amide bonds. The number of hydrogen-bond acceptors (Lipinski definition) is 6. The fourth-order valence-corrected chi connectivity index (χ4v) is 4.88. The Hall–Kier alpha value is -2.52. The Morgan fingerprint density at radius 2 is 2.00 bits per heavy atom. The van der Waals surface area contributed by atoms with E-state index in [1.54, 1.807) is 35.8 Å². The zero-order chi connectivity index (χ0) is 21.3. The van der Waals surface area contributed by atoms with E-state index < -0.39 is 18.5 Å². The van der Waals surface area contributed by atoms with Gasteiger partial charge in [-0.15, -0.1) is 11.3 Å². The number of nitrogens with zero attached hydrogens (tertiary/aromatic N) is 2. The molecule has 0 spiro atoms. The minimum absolute atomic E-state index is 0.0994. The van der Waals surface area contributed by atoms with Crippen LogP contribution in [0.3, 0.4) is 0 Å². The molecular weight excluding hydrogens is 470 g/mol. The van der Waals surface area contributed by atoms with Gasteiger partial charge in [0.05, 0.1) is 5.39 Å². The number of esters is 1. The number of aryl methyl sites for hydroxylation is 2. The van der Waals surface area contributed by atoms with Crippen LogP contribution in [-0.2, 0) is 22.5 Å². The summed E-state index contributed by atoms with van der Waals surface area (Å²) in [5.41, 5.74) is 1.07. The highest BCUT2D eigenvalue weighted by Gasteiger charge is 2.23. The van der Waals surface area contributed by atoms with E-state index in [2.05, 4.69) is 26.2 Å². The number of aromatic nitrogens is 2. The molecule has 4 rings (SSSR count). The number of ether oxygens (including phenoxy) is 1. The first kappa shape index (κ1) is 20.7. The minimum Gasteiger partial charge on any atom is -0.451 e. The molecule has 0 atom stereocenters. The number of amides is 1. The van der Waals surface area contributed by atoms with Crippen molar-refractivity contribution in [3.63, 3.8) is 0 Å². The van der Waals surface area contributed by atoms with Crippen LogP contribution in [0.4, 0.5) is 5.69 Å². The van der Waals surface area contributed by atoms with Crippen molar-refractivity contribution in [1.29, 1.82) is 0 Å². The van der Waals surface area contributed by atoms with Crippen molar-refractivity contribution >= 4 is 55.0 Å². The minimum atomic E-state index is -0.624. The van der Waals surface area contributed by atoms with E-state index >= 15 is 0 Å². The van der Waals surface area contributed by atoms with Crippen LogP contribution in [0.15, 0.2) is 33.5 Å². The lowest BCUT2D eigenvalue weighted by Crippen LogP contribution is -2.24. The molecule has 0 radical (unpaired) electrons. The van der Waals surface area contributed by atoms with Crippen molar-refractivity contribution in [2.24, 2.45) is 0 Å². The van der Waals surface area contributed by atoms with Crippen LogP contribution in [0, 0.1) is 6.92 Å². The molecule has 0 bridgehead atoms. The smallest absolute Gasteiger partial charge is 0.349 e. The van der Waals surface area contributed by atoms with E-state index in [1.165, 1.54) is 0 Å². The van der Waals surface area contributed by atoms with E-state index in [0.29, 0.717) is 32.9 Å². The van der Waals surface area contributed by atoms with E-state index in [1.807, 2.05) is 0 Å². The molecule has 30 heavy (non-hydrogen) atoms. The molecule has 0 fully saturated rings. The summed E-state index contributed by atoms with van der Waals surface area (Å²) in [6.45, 7) is 1.97. The van der Waals surface area contributed by atoms with Gasteiger partial charge in [0.25, 0.3) is 11.5 Å². The number of nitrogens with one attached hydrogen (secondary N) is 1. The fraction of sp³-hybridized carbons (Fsp3) is 0.333. The van der Waals surface area contributed by atoms with Gasteiger partial charge in [-0.3, -0.25) is 14.2 Å². The van der Waals surface area contributed by atoms with Gasteiger partial charge in [-0.1, -0.05) is 22.4 Å². The highest BCUT2D eigenvalue weighted by Crippen LogP contribution is 2.29. The van der Waals surface area contributed by atoms with Crippen molar-refractivity contribution < 1.29 is 14.3 Å². The van der Waals surface area contributed by atoms with Gasteiger partial charge in [0.2, 0.25) is 0 Å². The normalized spacial score (nSPS) is 13.5. The SMILES string of the molecule is Cc1c(C(=O)OCC(=O)Nc2ccc(Br)cc2)sc2nc3n(c(=O)c12)CCCCC3. The predicted octanol–water partition coefficient (Wildman–Crippen LogP) is 4.05. The van der Waals surface area contributed by atoms with Crippen molar-refractivity contribution in [2.75, 3.05) is 11.9 Å². The van der Waals surface area contributed by atoms with Crippen molar-refractivity contribution in [1.82, 2.24) is 9.55 Å². The van der Waals surface area contributed by atoms with Crippen LogP contribution in [0.25, 0.3) is 10.2 Å². The second-order valence-electron chi connectivity index (χ2n) is 7.16. The number of benzene rings is 1. The number of halogens is 1. The van der Waals surface area contributed by atoms with Crippen LogP contribution in [0.1, 0.15) is 40.3 Å². The number of rotatable bonds is 4. The van der Waals surface area contributed by atoms with Crippen molar-refractivity contribution in [3.8, 4) is 0 Å². The predicted molar refractivity (Wildman–Crippen MR) is 119 cm³/mol. The third kappa shape index (κ3) is 4.17. The van der Waals surface area contributed by atoms with E-state index in [9.17, 15) is 14.4 Å². The summed E-state index contributed by atoms with van der Waals surface area (Å²) in [4.78, 5) is 43.2. The molecule has 9 heteroatoms. The highest BCUT2D eigenvalue weighted by molar-refractivity contribution is 9.10. The molecule has 1 aliphatic heterocycles. The molecule has 1 aromatic carbocycles. The van der Waals surface area contributed by atoms with Gasteiger partial charge in [-0.2, -0.15) is 0 Å². The Balaban J connectivity index is 1.51. The summed E-state index contributed by atoms with van der Waals surface area (Å²) in [5.74, 6) is -0.282. The third-order valence-electron chi connectivity index (χ3n) is 5.06. The second-order valence-corrected chi connectivity index (χ2v) is 9.08. The van der Waals surface area contributed by atoms with Gasteiger partial charge >= 0.3 is 5.97 Å². The quantitative estimate of drug-likeness (QED) is 0.558. The Kier molecular flexibility index (Phi) is 6.01. The summed E-state index contributed by atoms with van der Waals surface area (Å²) in [5, 5.41) is 3.14. The van der Waals surface area contributed by atoms with Crippen molar-refractivity contribution in [3.05, 3.63) is 55.4 Å². The van der Waals surface area contributed by atoms with E-state index in [0.717, 1.165) is 47.3 Å². The number of thiophene rings is 1. The maximum absolute atomic E-state index is 13.0. The summed E-state index contributed by atoms with van der Waals surface area (Å²) >= 11 is 4.48. The number of hydrogen-bond donors (Lipinski definition) is 1. The Bertz CT molecular complexity index is 1180. The third-order valence-corrected chi connectivity index (χ3v) is 6.75. The molecule has 3 heterocycles. The maximum Gasteiger partial charge on any atom is 0.349 e. The lowest BCUT2D eigenvalue weighted by molar-refractivity contribution is -0.119. The van der Waals surface area contributed by atoms with Crippen LogP contribution < -0.4 is 10.9 Å². The number of anilines is 1. The number of fused-ring (bicyclic) bond motifs is 2. The average molecular weight is 490 g/mol. The second kappa shape index (κ2) is 8.69. The van der Waals surface area contributed by atoms with Crippen molar-refractivity contribution in [2.45, 2.75) is 39.2 Å². The molecule has 2 aromatic heterocycles. The molecular formula is C21H20BrN3O4S. The standard InChI is InChI=1S/C21H20BrN3O4S/c1-12-17-19(24-15-5-3-2-4-10-25(15)20(17)27)30-18(12)21(28)29-11-16(26)23-14-8-6-13(22)7-9-14/h6-9H,2-5,10-11H2,1H3,(H,23,26). The molecule has 0 aliphatic carbocycles. The first-order chi connectivity index (χ1) is 14.4. The topological polar surface area (TPSA) is 90.3 Å². The van der Waals surface area contributed by atoms with Crippen LogP contribution in [0.2, 0.25) is 0 Å². The Labute approximate surface area is 185 Å². The molecule has 156 valence electrons. The molecule has 1 N–H and O–H groups in total. The monoisotopic (exact) mass is 489 g/mol. The molecule has 0 saturated carbocycles. The molecule has 1 aliphatic rings. The van der Waals surface area contributed by atoms with Gasteiger partial charge in [-0.25, -0.2) is 9.78 Å². The lowest BCUT2D eigenvalue weighted by Gasteiger charge is -2.08. The maximum atomic E-state index is 13.0. The van der Waals surface area contributed by atoms with Gasteiger partial charge in [-0.05, 0) is 49.6 Å². The Morgan fingerprint density at radius 1 is 1.23 bits per heavy atom. The van der Waals surface area contributed by atoms with Gasteiger partial charge < -0.3 is 10.1 Å². The Morgan fingerprint density at radius 3 is 2.77 bits per heavy atom. The van der Waals surface area contributed by atoms with Crippen LogP contribution in [-0.4, -0.2) is 28.0 Å². The van der Waals surface area contributed by atoms with Gasteiger partial charge in [0.15, 0.2) is 6.61 Å². The largest absolute Gasteiger partial charge is 0.451 e. The number of carbonyl (C=O) groups is 2. The van der Waals surface area contributed by atoms with Gasteiger partial charge in [0, 0.05) is 23.1 Å². The summed E-state index contributed by atoms with van der Waals surface area (Å²) in [6.07, 6.45) is 3.80. The van der Waals surface area contributed by atoms with E-state index in [4.69, 9.17) is 4.74 Å². The van der Waals surface area contributed by atoms with E-state index in [-0.39, 0.29) is 5.56 Å². The summed E-state index contributed by atoms with van der Waals surface area (Å²) in [7, 11) is 0. The van der Waals surface area contributed by atoms with Crippen LogP contribution in [0.5, 0.6) is 0 Å². The first-order valence-electron chi connectivity index (χ1n) is 9.69. The summed E-state index contributed by atoms with van der Waals surface area (Å²) in [6, 6.07) is 7.08. The van der Waals surface area contributed by atoms with Gasteiger partial charge in [0.1, 0.15) is 15.5 Å². The zero-order valence-electron chi connectivity index (χ0n) is 16.4.